The van der Waals surface area contributed by atoms with Gasteiger partial charge in [0.25, 0.3) is 0 Å². The summed E-state index contributed by atoms with van der Waals surface area (Å²) in [4.78, 5) is 13.1. The third kappa shape index (κ3) is 0.836. The van der Waals surface area contributed by atoms with Gasteiger partial charge in [0, 0.05) is 6.54 Å². The van der Waals surface area contributed by atoms with Crippen molar-refractivity contribution >= 4 is 6.03 Å². The van der Waals surface area contributed by atoms with Gasteiger partial charge in [0.15, 0.2) is 0 Å². The van der Waals surface area contributed by atoms with Crippen molar-refractivity contribution in [2.45, 2.75) is 25.9 Å². The number of carbonyl (C=O) groups excluding carboxylic acids is 1. The Kier molecular flexibility index (Phi) is 1.22. The SMILES string of the molecule is CC1=CC2CN(C(=O)N2)[C@@H]1C. The first kappa shape index (κ1) is 6.70. The number of urea groups is 1. The summed E-state index contributed by atoms with van der Waals surface area (Å²) in [5.74, 6) is 0. The van der Waals surface area contributed by atoms with Gasteiger partial charge in [-0.3, -0.25) is 0 Å². The second kappa shape index (κ2) is 2.00. The van der Waals surface area contributed by atoms with Gasteiger partial charge < -0.3 is 10.2 Å². The summed E-state index contributed by atoms with van der Waals surface area (Å²) >= 11 is 0. The molecule has 0 aromatic heterocycles. The molecule has 2 bridgehead atoms. The molecule has 0 aliphatic carbocycles. The minimum absolute atomic E-state index is 0.0793. The highest BCUT2D eigenvalue weighted by molar-refractivity contribution is 5.79. The van der Waals surface area contributed by atoms with Crippen LogP contribution in [0.3, 0.4) is 0 Å². The summed E-state index contributed by atoms with van der Waals surface area (Å²) in [6.07, 6.45) is 2.14. The molecule has 2 rings (SSSR count). The second-order valence-corrected chi connectivity index (χ2v) is 3.30. The number of fused-ring (bicyclic) bond motifs is 2. The lowest BCUT2D eigenvalue weighted by molar-refractivity contribution is 0.208. The molecule has 0 aromatic rings. The molecule has 1 saturated heterocycles. The third-order valence-electron chi connectivity index (χ3n) is 2.55. The van der Waals surface area contributed by atoms with Crippen molar-refractivity contribution in [2.24, 2.45) is 0 Å². The lowest BCUT2D eigenvalue weighted by atomic mass is 10.0. The van der Waals surface area contributed by atoms with Crippen LogP contribution in [0, 0.1) is 0 Å². The van der Waals surface area contributed by atoms with Gasteiger partial charge in [-0.15, -0.1) is 0 Å². The lowest BCUT2D eigenvalue weighted by Crippen LogP contribution is -2.37. The number of carbonyl (C=O) groups is 1. The molecule has 2 atom stereocenters. The molecule has 2 heterocycles. The van der Waals surface area contributed by atoms with Crippen molar-refractivity contribution in [3.8, 4) is 0 Å². The van der Waals surface area contributed by atoms with Crippen LogP contribution in [0.1, 0.15) is 13.8 Å². The van der Waals surface area contributed by atoms with E-state index >= 15 is 0 Å². The van der Waals surface area contributed by atoms with Crippen LogP contribution < -0.4 is 5.32 Å². The quantitative estimate of drug-likeness (QED) is 0.510. The van der Waals surface area contributed by atoms with E-state index in [1.165, 1.54) is 5.57 Å². The van der Waals surface area contributed by atoms with Crippen LogP contribution in [-0.4, -0.2) is 29.6 Å². The van der Waals surface area contributed by atoms with Crippen LogP contribution in [0.4, 0.5) is 4.79 Å². The van der Waals surface area contributed by atoms with E-state index in [1.54, 1.807) is 0 Å². The minimum atomic E-state index is 0.0793. The predicted molar refractivity (Wildman–Crippen MR) is 42.2 cm³/mol. The number of hydrogen-bond acceptors (Lipinski definition) is 1. The first-order valence-electron chi connectivity index (χ1n) is 3.94. The van der Waals surface area contributed by atoms with Crippen LogP contribution in [0.15, 0.2) is 11.6 Å². The van der Waals surface area contributed by atoms with Crippen molar-refractivity contribution in [1.29, 1.82) is 0 Å². The Labute approximate surface area is 66.1 Å². The number of hydrogen-bond donors (Lipinski definition) is 1. The van der Waals surface area contributed by atoms with Gasteiger partial charge in [0.1, 0.15) is 0 Å². The maximum Gasteiger partial charge on any atom is 0.318 e. The Bertz CT molecular complexity index is 234. The molecule has 0 aromatic carbocycles. The topological polar surface area (TPSA) is 32.3 Å². The first-order chi connectivity index (χ1) is 5.18. The number of amides is 2. The average Bonchev–Trinajstić information content (AvgIpc) is 2.24. The molecule has 3 heteroatoms. The monoisotopic (exact) mass is 152 g/mol. The van der Waals surface area contributed by atoms with Gasteiger partial charge in [-0.1, -0.05) is 11.6 Å². The smallest absolute Gasteiger partial charge is 0.318 e. The minimum Gasteiger partial charge on any atom is -0.330 e. The van der Waals surface area contributed by atoms with Crippen LogP contribution in [-0.2, 0) is 0 Å². The van der Waals surface area contributed by atoms with Crippen LogP contribution in [0.25, 0.3) is 0 Å². The van der Waals surface area contributed by atoms with Crippen molar-refractivity contribution in [2.75, 3.05) is 6.54 Å². The van der Waals surface area contributed by atoms with Gasteiger partial charge in [0.2, 0.25) is 0 Å². The number of nitrogens with one attached hydrogen (secondary N) is 1. The zero-order chi connectivity index (χ0) is 8.01. The van der Waals surface area contributed by atoms with Gasteiger partial charge in [-0.05, 0) is 13.8 Å². The van der Waals surface area contributed by atoms with Crippen molar-refractivity contribution < 1.29 is 4.79 Å². The molecule has 2 aliphatic rings. The Morgan fingerprint density at radius 1 is 1.73 bits per heavy atom. The average molecular weight is 152 g/mol. The highest BCUT2D eigenvalue weighted by atomic mass is 16.2. The molecule has 0 saturated carbocycles. The van der Waals surface area contributed by atoms with Gasteiger partial charge in [-0.25, -0.2) is 4.79 Å². The number of nitrogens with zero attached hydrogens (tertiary/aromatic N) is 1. The van der Waals surface area contributed by atoms with E-state index in [-0.39, 0.29) is 18.1 Å². The largest absolute Gasteiger partial charge is 0.330 e. The maximum atomic E-state index is 11.2. The molecule has 1 fully saturated rings. The Morgan fingerprint density at radius 2 is 2.45 bits per heavy atom. The molecule has 11 heavy (non-hydrogen) atoms. The molecule has 2 aliphatic heterocycles. The van der Waals surface area contributed by atoms with Crippen molar-refractivity contribution in [3.63, 3.8) is 0 Å². The van der Waals surface area contributed by atoms with Gasteiger partial charge in [0.05, 0.1) is 12.1 Å². The summed E-state index contributed by atoms with van der Waals surface area (Å²) in [6, 6.07) is 0.628. The van der Waals surface area contributed by atoms with Crippen molar-refractivity contribution in [3.05, 3.63) is 11.6 Å². The summed E-state index contributed by atoms with van der Waals surface area (Å²) in [7, 11) is 0. The predicted octanol–water partition coefficient (Wildman–Crippen LogP) is 0.729. The summed E-state index contributed by atoms with van der Waals surface area (Å²) in [5, 5.41) is 2.89. The zero-order valence-corrected chi connectivity index (χ0v) is 6.79. The Morgan fingerprint density at radius 3 is 3.18 bits per heavy atom. The fourth-order valence-electron chi connectivity index (χ4n) is 1.71. The van der Waals surface area contributed by atoms with E-state index < -0.39 is 0 Å². The van der Waals surface area contributed by atoms with Crippen molar-refractivity contribution in [1.82, 2.24) is 10.2 Å². The second-order valence-electron chi connectivity index (χ2n) is 3.30. The highest BCUT2D eigenvalue weighted by Gasteiger charge is 2.35. The zero-order valence-electron chi connectivity index (χ0n) is 6.79. The maximum absolute atomic E-state index is 11.2. The van der Waals surface area contributed by atoms with E-state index in [2.05, 4.69) is 25.2 Å². The summed E-state index contributed by atoms with van der Waals surface area (Å²) in [6.45, 7) is 4.98. The normalized spacial score (nSPS) is 35.3. The molecule has 0 spiro atoms. The summed E-state index contributed by atoms with van der Waals surface area (Å²) < 4.78 is 0. The highest BCUT2D eigenvalue weighted by Crippen LogP contribution is 2.21. The molecule has 0 radical (unpaired) electrons. The summed E-state index contributed by atoms with van der Waals surface area (Å²) in [5.41, 5.74) is 1.29. The molecule has 3 nitrogen and oxygen atoms in total. The number of rotatable bonds is 0. The Balaban J connectivity index is 2.33. The van der Waals surface area contributed by atoms with Gasteiger partial charge >= 0.3 is 6.03 Å². The third-order valence-corrected chi connectivity index (χ3v) is 2.55. The van der Waals surface area contributed by atoms with E-state index in [1.807, 2.05) is 4.90 Å². The molecule has 1 N–H and O–H groups in total. The lowest BCUT2D eigenvalue weighted by Gasteiger charge is -2.27. The molecule has 1 unspecified atom stereocenters. The molecule has 2 amide bonds. The molecular formula is C8H12N2O. The standard InChI is InChI=1S/C8H12N2O/c1-5-3-7-4-10(6(5)2)8(11)9-7/h3,6-7H,4H2,1-2H3,(H,9,11)/t6-,7?/m1/s1. The van der Waals surface area contributed by atoms with Crippen LogP contribution >= 0.6 is 0 Å². The van der Waals surface area contributed by atoms with E-state index in [0.717, 1.165) is 6.54 Å². The fourth-order valence-corrected chi connectivity index (χ4v) is 1.71. The van der Waals surface area contributed by atoms with Gasteiger partial charge in [-0.2, -0.15) is 0 Å². The van der Waals surface area contributed by atoms with Crippen LogP contribution in [0.2, 0.25) is 0 Å². The Hall–Kier alpha value is -0.990. The fraction of sp³-hybridized carbons (Fsp3) is 0.625. The first-order valence-corrected chi connectivity index (χ1v) is 3.94. The van der Waals surface area contributed by atoms with E-state index in [4.69, 9.17) is 0 Å². The molecule has 60 valence electrons. The molecular weight excluding hydrogens is 140 g/mol. The van der Waals surface area contributed by atoms with Crippen LogP contribution in [0.5, 0.6) is 0 Å². The van der Waals surface area contributed by atoms with E-state index in [0.29, 0.717) is 0 Å². The van der Waals surface area contributed by atoms with E-state index in [9.17, 15) is 4.79 Å².